The number of piperidine rings is 1. The van der Waals surface area contributed by atoms with E-state index in [2.05, 4.69) is 39.9 Å². The number of hydrogen-bond donors (Lipinski definition) is 2. The lowest BCUT2D eigenvalue weighted by Crippen LogP contribution is -2.58. The fraction of sp³-hybridized carbons (Fsp3) is 0.379. The number of carbonyl (C=O) groups is 1. The third-order valence-corrected chi connectivity index (χ3v) is 8.33. The average molecular weight is 562 g/mol. The second kappa shape index (κ2) is 11.2. The summed E-state index contributed by atoms with van der Waals surface area (Å²) in [4.78, 5) is 16.1. The van der Waals surface area contributed by atoms with E-state index in [4.69, 9.17) is 23.2 Å². The molecule has 1 saturated carbocycles. The summed E-state index contributed by atoms with van der Waals surface area (Å²) < 4.78 is 38.6. The molecule has 4 unspecified atom stereocenters. The Bertz CT molecular complexity index is 1200. The number of carbonyl (C=O) groups excluding carboxylic acids is 1. The van der Waals surface area contributed by atoms with Crippen molar-refractivity contribution in [2.75, 3.05) is 0 Å². The fourth-order valence-electron chi connectivity index (χ4n) is 6.03. The standard InChI is InChI=1S/C29H28Cl2F3N3O/c30-21-7-2-18(3-8-21)28(19-4-9-22(31)10-5-19)20-6-11-24-23(13-20)25(14-27(38)37-24)35-15-17-1-12-26(36-16-17)29(32,33)34/h1-5,7-10,12,16,20,23-25,28,35H,6,11,13-15H2,(H,37,38). The smallest absolute Gasteiger partial charge is 0.353 e. The number of pyridine rings is 1. The summed E-state index contributed by atoms with van der Waals surface area (Å²) in [7, 11) is 0. The molecule has 5 rings (SSSR count). The number of halogens is 5. The highest BCUT2D eigenvalue weighted by atomic mass is 35.5. The Morgan fingerprint density at radius 1 is 0.947 bits per heavy atom. The van der Waals surface area contributed by atoms with Gasteiger partial charge in [0.25, 0.3) is 0 Å². The molecule has 2 N–H and O–H groups in total. The Labute approximate surface area is 229 Å². The average Bonchev–Trinajstić information content (AvgIpc) is 2.89. The highest BCUT2D eigenvalue weighted by molar-refractivity contribution is 6.30. The van der Waals surface area contributed by atoms with Gasteiger partial charge >= 0.3 is 6.18 Å². The minimum atomic E-state index is -4.47. The van der Waals surface area contributed by atoms with Crippen molar-refractivity contribution in [2.45, 2.75) is 56.4 Å². The Morgan fingerprint density at radius 3 is 2.13 bits per heavy atom. The maximum absolute atomic E-state index is 12.9. The Kier molecular flexibility index (Phi) is 7.98. The van der Waals surface area contributed by atoms with Gasteiger partial charge in [-0.3, -0.25) is 9.78 Å². The fourth-order valence-corrected chi connectivity index (χ4v) is 6.28. The summed E-state index contributed by atoms with van der Waals surface area (Å²) >= 11 is 12.4. The van der Waals surface area contributed by atoms with Crippen LogP contribution in [0.25, 0.3) is 0 Å². The van der Waals surface area contributed by atoms with E-state index in [1.807, 2.05) is 24.3 Å². The van der Waals surface area contributed by atoms with Gasteiger partial charge in [0.2, 0.25) is 5.91 Å². The van der Waals surface area contributed by atoms with Crippen LogP contribution in [0.1, 0.15) is 54.0 Å². The second-order valence-corrected chi connectivity index (χ2v) is 11.1. The minimum absolute atomic E-state index is 0.000281. The SMILES string of the molecule is O=C1CC(NCc2ccc(C(F)(F)F)nc2)C2CC(C(c3ccc(Cl)cc3)c3ccc(Cl)cc3)CCC2N1. The number of amides is 1. The van der Waals surface area contributed by atoms with Crippen molar-refractivity contribution in [3.8, 4) is 0 Å². The van der Waals surface area contributed by atoms with Crippen LogP contribution in [0, 0.1) is 11.8 Å². The van der Waals surface area contributed by atoms with Crippen molar-refractivity contribution < 1.29 is 18.0 Å². The quantitative estimate of drug-likeness (QED) is 0.340. The zero-order valence-electron chi connectivity index (χ0n) is 20.5. The maximum atomic E-state index is 12.9. The lowest BCUT2D eigenvalue weighted by atomic mass is 9.65. The van der Waals surface area contributed by atoms with Gasteiger partial charge in [0.15, 0.2) is 0 Å². The molecule has 4 atom stereocenters. The van der Waals surface area contributed by atoms with Crippen LogP contribution in [0.15, 0.2) is 66.9 Å². The number of alkyl halides is 3. The Balaban J connectivity index is 1.36. The van der Waals surface area contributed by atoms with Crippen LogP contribution in [0.3, 0.4) is 0 Å². The Morgan fingerprint density at radius 2 is 1.58 bits per heavy atom. The lowest BCUT2D eigenvalue weighted by Gasteiger charge is -2.46. The molecular weight excluding hydrogens is 534 g/mol. The highest BCUT2D eigenvalue weighted by Crippen LogP contribution is 2.45. The van der Waals surface area contributed by atoms with Gasteiger partial charge in [0.1, 0.15) is 5.69 Å². The summed E-state index contributed by atoms with van der Waals surface area (Å²) in [6.07, 6.45) is -0.191. The number of aromatic nitrogens is 1. The molecule has 1 aromatic heterocycles. The molecule has 0 bridgehead atoms. The molecule has 2 aromatic carbocycles. The first kappa shape index (κ1) is 27.0. The predicted octanol–water partition coefficient (Wildman–Crippen LogP) is 7.00. The van der Waals surface area contributed by atoms with Gasteiger partial charge in [-0.15, -0.1) is 0 Å². The monoisotopic (exact) mass is 561 g/mol. The minimum Gasteiger partial charge on any atom is -0.353 e. The van der Waals surface area contributed by atoms with Gasteiger partial charge in [0, 0.05) is 47.2 Å². The highest BCUT2D eigenvalue weighted by Gasteiger charge is 2.43. The first-order valence-corrected chi connectivity index (χ1v) is 13.5. The molecule has 1 amide bonds. The van der Waals surface area contributed by atoms with E-state index in [0.717, 1.165) is 25.3 Å². The number of hydrogen-bond acceptors (Lipinski definition) is 3. The van der Waals surface area contributed by atoms with Gasteiger partial charge in [-0.1, -0.05) is 53.5 Å². The first-order chi connectivity index (χ1) is 18.2. The van der Waals surface area contributed by atoms with Crippen LogP contribution in [0.5, 0.6) is 0 Å². The van der Waals surface area contributed by atoms with E-state index in [1.165, 1.54) is 23.4 Å². The number of rotatable bonds is 6. The van der Waals surface area contributed by atoms with Crippen LogP contribution in [-0.4, -0.2) is 23.0 Å². The summed E-state index contributed by atoms with van der Waals surface area (Å²) in [5, 5.41) is 8.01. The Hall–Kier alpha value is -2.61. The normalized spacial score (nSPS) is 23.7. The summed E-state index contributed by atoms with van der Waals surface area (Å²) in [5.74, 6) is 0.657. The van der Waals surface area contributed by atoms with Gasteiger partial charge in [-0.05, 0) is 78.1 Å². The number of benzene rings is 2. The second-order valence-electron chi connectivity index (χ2n) is 10.2. The molecule has 1 aliphatic carbocycles. The molecule has 1 aliphatic heterocycles. The van der Waals surface area contributed by atoms with Crippen molar-refractivity contribution in [2.24, 2.45) is 11.8 Å². The van der Waals surface area contributed by atoms with Gasteiger partial charge in [-0.2, -0.15) is 13.2 Å². The van der Waals surface area contributed by atoms with Crippen LogP contribution in [0.4, 0.5) is 13.2 Å². The number of nitrogens with one attached hydrogen (secondary N) is 2. The molecule has 2 fully saturated rings. The molecule has 9 heteroatoms. The molecule has 1 saturated heterocycles. The molecule has 3 aromatic rings. The van der Waals surface area contributed by atoms with E-state index in [9.17, 15) is 18.0 Å². The predicted molar refractivity (Wildman–Crippen MR) is 142 cm³/mol. The van der Waals surface area contributed by atoms with Crippen molar-refractivity contribution >= 4 is 29.1 Å². The molecular formula is C29H28Cl2F3N3O. The van der Waals surface area contributed by atoms with Gasteiger partial charge < -0.3 is 10.6 Å². The maximum Gasteiger partial charge on any atom is 0.433 e. The van der Waals surface area contributed by atoms with E-state index < -0.39 is 11.9 Å². The van der Waals surface area contributed by atoms with Crippen LogP contribution in [0.2, 0.25) is 10.0 Å². The molecule has 0 spiro atoms. The summed E-state index contributed by atoms with van der Waals surface area (Å²) in [6.45, 7) is 0.342. The molecule has 38 heavy (non-hydrogen) atoms. The summed E-state index contributed by atoms with van der Waals surface area (Å²) in [5.41, 5.74) is 2.10. The van der Waals surface area contributed by atoms with E-state index in [0.29, 0.717) is 34.5 Å². The van der Waals surface area contributed by atoms with Gasteiger partial charge in [-0.25, -0.2) is 0 Å². The summed E-state index contributed by atoms with van der Waals surface area (Å²) in [6, 6.07) is 18.3. The zero-order chi connectivity index (χ0) is 26.9. The van der Waals surface area contributed by atoms with Crippen LogP contribution < -0.4 is 10.6 Å². The van der Waals surface area contributed by atoms with E-state index in [-0.39, 0.29) is 29.8 Å². The molecule has 0 radical (unpaired) electrons. The van der Waals surface area contributed by atoms with Crippen molar-refractivity contribution in [1.29, 1.82) is 0 Å². The van der Waals surface area contributed by atoms with Crippen molar-refractivity contribution in [1.82, 2.24) is 15.6 Å². The molecule has 2 aliphatic rings. The largest absolute Gasteiger partial charge is 0.433 e. The van der Waals surface area contributed by atoms with Gasteiger partial charge in [0.05, 0.1) is 0 Å². The zero-order valence-corrected chi connectivity index (χ0v) is 22.0. The van der Waals surface area contributed by atoms with Crippen LogP contribution >= 0.6 is 23.2 Å². The third-order valence-electron chi connectivity index (χ3n) is 7.82. The number of nitrogens with zero attached hydrogens (tertiary/aromatic N) is 1. The van der Waals surface area contributed by atoms with Crippen LogP contribution in [-0.2, 0) is 17.5 Å². The van der Waals surface area contributed by atoms with Crippen molar-refractivity contribution in [3.63, 3.8) is 0 Å². The van der Waals surface area contributed by atoms with E-state index in [1.54, 1.807) is 0 Å². The molecule has 2 heterocycles. The first-order valence-electron chi connectivity index (χ1n) is 12.7. The van der Waals surface area contributed by atoms with E-state index >= 15 is 0 Å². The lowest BCUT2D eigenvalue weighted by molar-refractivity contribution is -0.141. The topological polar surface area (TPSA) is 54.0 Å². The number of fused-ring (bicyclic) bond motifs is 1. The molecule has 4 nitrogen and oxygen atoms in total. The van der Waals surface area contributed by atoms with Crippen molar-refractivity contribution in [3.05, 3.63) is 99.3 Å². The molecule has 200 valence electrons. The third kappa shape index (κ3) is 6.16.